The molecule has 2 aliphatic rings. The van der Waals surface area contributed by atoms with Crippen LogP contribution in [0.15, 0.2) is 186 Å². The SMILES string of the molecule is C=CC1=C(/C=C\C)Sc2ccc(-c3ccc4ccc5cccnc5c4n3)cc2C12c1ccccc1Oc1ccc(-c3ccc4ccc5cccnc5c4n3)cc12. The highest BCUT2D eigenvalue weighted by molar-refractivity contribution is 8.03. The zero-order valence-electron chi connectivity index (χ0n) is 30.4. The van der Waals surface area contributed by atoms with Crippen LogP contribution in [0.1, 0.15) is 23.6 Å². The Morgan fingerprint density at radius 2 is 1.14 bits per heavy atom. The molecule has 1 unspecified atom stereocenters. The van der Waals surface area contributed by atoms with Gasteiger partial charge in [-0.25, -0.2) is 9.97 Å². The van der Waals surface area contributed by atoms with Gasteiger partial charge in [0.05, 0.1) is 38.9 Å². The van der Waals surface area contributed by atoms with Crippen LogP contribution >= 0.6 is 11.8 Å². The molecule has 0 amide bonds. The third-order valence-corrected chi connectivity index (χ3v) is 12.3. The smallest absolute Gasteiger partial charge is 0.132 e. The molecule has 0 radical (unpaired) electrons. The number of thioether (sulfide) groups is 1. The Labute approximate surface area is 327 Å². The highest BCUT2D eigenvalue weighted by atomic mass is 32.2. The molecule has 56 heavy (non-hydrogen) atoms. The van der Waals surface area contributed by atoms with Crippen molar-refractivity contribution < 1.29 is 4.74 Å². The zero-order chi connectivity index (χ0) is 37.4. The van der Waals surface area contributed by atoms with Crippen molar-refractivity contribution in [3.63, 3.8) is 0 Å². The molecule has 5 aromatic carbocycles. The van der Waals surface area contributed by atoms with E-state index in [4.69, 9.17) is 24.7 Å². The molecule has 0 saturated carbocycles. The summed E-state index contributed by atoms with van der Waals surface area (Å²) in [6.45, 7) is 6.56. The maximum atomic E-state index is 6.80. The van der Waals surface area contributed by atoms with E-state index in [2.05, 4.69) is 141 Å². The number of para-hydroxylation sites is 1. The fourth-order valence-electron chi connectivity index (χ4n) is 8.65. The summed E-state index contributed by atoms with van der Waals surface area (Å²) in [6, 6.07) is 46.7. The molecule has 1 atom stereocenters. The van der Waals surface area contributed by atoms with Crippen molar-refractivity contribution in [2.75, 3.05) is 0 Å². The molecule has 6 heteroatoms. The summed E-state index contributed by atoms with van der Waals surface area (Å²) in [4.78, 5) is 22.3. The molecule has 1 spiro atoms. The number of hydrogen-bond acceptors (Lipinski definition) is 6. The van der Waals surface area contributed by atoms with Gasteiger partial charge in [0.15, 0.2) is 0 Å². The van der Waals surface area contributed by atoms with E-state index in [1.807, 2.05) is 36.7 Å². The maximum absolute atomic E-state index is 6.80. The van der Waals surface area contributed by atoms with E-state index < -0.39 is 5.41 Å². The van der Waals surface area contributed by atoms with Crippen molar-refractivity contribution in [2.24, 2.45) is 0 Å². The molecular formula is C50H32N4OS. The topological polar surface area (TPSA) is 60.8 Å². The van der Waals surface area contributed by atoms with Crippen LogP contribution in [0.25, 0.3) is 66.1 Å². The number of ether oxygens (including phenoxy) is 1. The van der Waals surface area contributed by atoms with Gasteiger partial charge in [-0.05, 0) is 78.7 Å². The quantitative estimate of drug-likeness (QED) is 0.168. The van der Waals surface area contributed by atoms with Gasteiger partial charge in [0, 0.05) is 66.0 Å². The van der Waals surface area contributed by atoms with E-state index in [1.165, 1.54) is 0 Å². The lowest BCUT2D eigenvalue weighted by atomic mass is 9.62. The Kier molecular flexibility index (Phi) is 7.31. The number of hydrogen-bond donors (Lipinski definition) is 0. The van der Waals surface area contributed by atoms with Gasteiger partial charge < -0.3 is 4.74 Å². The van der Waals surface area contributed by atoms with Crippen LogP contribution in [0.2, 0.25) is 0 Å². The number of allylic oxidation sites excluding steroid dienone is 4. The molecule has 11 rings (SSSR count). The number of pyridine rings is 4. The lowest BCUT2D eigenvalue weighted by molar-refractivity contribution is 0.432. The first kappa shape index (κ1) is 32.5. The predicted molar refractivity (Wildman–Crippen MR) is 229 cm³/mol. The average molecular weight is 737 g/mol. The Bertz CT molecular complexity index is 3200. The summed E-state index contributed by atoms with van der Waals surface area (Å²) in [5.74, 6) is 1.61. The van der Waals surface area contributed by atoms with Gasteiger partial charge in [0.2, 0.25) is 0 Å². The second kappa shape index (κ2) is 12.6. The Hall–Kier alpha value is -6.89. The van der Waals surface area contributed by atoms with Gasteiger partial charge in [-0.3, -0.25) is 9.97 Å². The van der Waals surface area contributed by atoms with Crippen LogP contribution in [-0.2, 0) is 5.41 Å². The van der Waals surface area contributed by atoms with Gasteiger partial charge in [-0.1, -0.05) is 109 Å². The first-order valence-corrected chi connectivity index (χ1v) is 19.5. The number of benzene rings is 5. The number of rotatable bonds is 4. The highest BCUT2D eigenvalue weighted by Gasteiger charge is 2.50. The second-order valence-electron chi connectivity index (χ2n) is 14.2. The molecule has 0 aliphatic carbocycles. The van der Waals surface area contributed by atoms with Crippen LogP contribution in [0.3, 0.4) is 0 Å². The molecule has 0 fully saturated rings. The van der Waals surface area contributed by atoms with Gasteiger partial charge in [-0.2, -0.15) is 0 Å². The van der Waals surface area contributed by atoms with Crippen molar-refractivity contribution in [3.8, 4) is 34.0 Å². The van der Waals surface area contributed by atoms with Gasteiger partial charge in [0.1, 0.15) is 11.5 Å². The lowest BCUT2D eigenvalue weighted by Gasteiger charge is -2.45. The molecule has 0 bridgehead atoms. The Morgan fingerprint density at radius 3 is 1.79 bits per heavy atom. The molecule has 2 aliphatic heterocycles. The van der Waals surface area contributed by atoms with E-state index in [1.54, 1.807) is 11.8 Å². The first-order valence-electron chi connectivity index (χ1n) is 18.7. The maximum Gasteiger partial charge on any atom is 0.132 e. The lowest BCUT2D eigenvalue weighted by Crippen LogP contribution is -2.37. The number of fused-ring (bicyclic) bond motifs is 12. The van der Waals surface area contributed by atoms with Crippen LogP contribution in [0, 0.1) is 0 Å². The van der Waals surface area contributed by atoms with Gasteiger partial charge >= 0.3 is 0 Å². The minimum Gasteiger partial charge on any atom is -0.457 e. The Balaban J connectivity index is 1.19. The van der Waals surface area contributed by atoms with Crippen LogP contribution in [0.4, 0.5) is 0 Å². The molecule has 4 aromatic heterocycles. The first-order chi connectivity index (χ1) is 27.6. The van der Waals surface area contributed by atoms with Crippen molar-refractivity contribution in [1.82, 2.24) is 19.9 Å². The zero-order valence-corrected chi connectivity index (χ0v) is 31.2. The van der Waals surface area contributed by atoms with Crippen molar-refractivity contribution >= 4 is 55.4 Å². The summed E-state index contributed by atoms with van der Waals surface area (Å²) in [6.07, 6.45) is 10.0. The molecule has 0 saturated heterocycles. The van der Waals surface area contributed by atoms with E-state index >= 15 is 0 Å². The number of nitrogens with zero attached hydrogens (tertiary/aromatic N) is 4. The monoisotopic (exact) mass is 736 g/mol. The van der Waals surface area contributed by atoms with E-state index in [-0.39, 0.29) is 0 Å². The highest BCUT2D eigenvalue weighted by Crippen LogP contribution is 2.62. The minimum atomic E-state index is -0.774. The fourth-order valence-corrected chi connectivity index (χ4v) is 9.90. The van der Waals surface area contributed by atoms with E-state index in [9.17, 15) is 0 Å². The largest absolute Gasteiger partial charge is 0.457 e. The van der Waals surface area contributed by atoms with Crippen molar-refractivity contribution in [2.45, 2.75) is 17.2 Å². The van der Waals surface area contributed by atoms with Gasteiger partial charge in [0.25, 0.3) is 0 Å². The third-order valence-electron chi connectivity index (χ3n) is 11.1. The summed E-state index contributed by atoms with van der Waals surface area (Å²) in [5.41, 5.74) is 10.9. The van der Waals surface area contributed by atoms with E-state index in [0.29, 0.717) is 0 Å². The van der Waals surface area contributed by atoms with Gasteiger partial charge in [-0.15, -0.1) is 0 Å². The minimum absolute atomic E-state index is 0.774. The Morgan fingerprint density at radius 1 is 0.571 bits per heavy atom. The normalized spacial score (nSPS) is 16.0. The van der Waals surface area contributed by atoms with Crippen molar-refractivity contribution in [3.05, 3.63) is 198 Å². The van der Waals surface area contributed by atoms with Crippen LogP contribution in [0.5, 0.6) is 11.5 Å². The fraction of sp³-hybridized carbons (Fsp3) is 0.0400. The van der Waals surface area contributed by atoms with Crippen LogP contribution in [-0.4, -0.2) is 19.9 Å². The summed E-state index contributed by atoms with van der Waals surface area (Å²) in [5, 5.41) is 4.24. The molecular weight excluding hydrogens is 705 g/mol. The standard InChI is InChI=1S/C50H32N4OS/c1-3-9-44-36(4-2)50(39-29-35(21-25-45(39)56-44)41-23-19-33-17-15-31-11-8-27-52-47(31)49(33)54-41)37-12-5-6-13-42(37)55-43-24-20-34(28-38(43)50)40-22-18-32-16-14-30-10-7-26-51-46(30)48(32)53-40/h3-29H,2H2,1H3/b9-3-. The third kappa shape index (κ3) is 4.76. The molecule has 9 aromatic rings. The predicted octanol–water partition coefficient (Wildman–Crippen LogP) is 12.8. The molecule has 264 valence electrons. The summed E-state index contributed by atoms with van der Waals surface area (Å²) >= 11 is 1.77. The number of aromatic nitrogens is 4. The average Bonchev–Trinajstić information content (AvgIpc) is 3.26. The second-order valence-corrected chi connectivity index (χ2v) is 15.3. The molecule has 5 nitrogen and oxygen atoms in total. The summed E-state index contributed by atoms with van der Waals surface area (Å²) in [7, 11) is 0. The van der Waals surface area contributed by atoms with E-state index in [0.717, 1.165) is 110 Å². The molecule has 6 heterocycles. The molecule has 0 N–H and O–H groups in total. The summed E-state index contributed by atoms with van der Waals surface area (Å²) < 4.78 is 6.80. The van der Waals surface area contributed by atoms with Crippen molar-refractivity contribution in [1.29, 1.82) is 0 Å². The van der Waals surface area contributed by atoms with Crippen LogP contribution < -0.4 is 4.74 Å².